The van der Waals surface area contributed by atoms with Gasteiger partial charge in [-0.1, -0.05) is 0 Å². The highest BCUT2D eigenvalue weighted by Crippen LogP contribution is 2.18. The van der Waals surface area contributed by atoms with Gasteiger partial charge in [-0.2, -0.15) is 0 Å². The Labute approximate surface area is 118 Å². The maximum Gasteiger partial charge on any atom is 0.223 e. The number of carbonyl (C=O) groups is 3. The van der Waals surface area contributed by atoms with Crippen molar-refractivity contribution in [2.24, 2.45) is 0 Å². The van der Waals surface area contributed by atoms with E-state index in [0.29, 0.717) is 18.8 Å². The average Bonchev–Trinajstić information content (AvgIpc) is 2.34. The number of benzene rings is 1. The molecule has 0 spiro atoms. The molecule has 3 amide bonds. The minimum atomic E-state index is -0.146. The maximum absolute atomic E-state index is 11.6. The van der Waals surface area contributed by atoms with E-state index in [1.54, 1.807) is 29.2 Å². The molecule has 0 heterocycles. The molecule has 108 valence electrons. The van der Waals surface area contributed by atoms with Gasteiger partial charge in [0.25, 0.3) is 0 Å². The van der Waals surface area contributed by atoms with Gasteiger partial charge >= 0.3 is 0 Å². The molecule has 6 heteroatoms. The van der Waals surface area contributed by atoms with Crippen LogP contribution in [0.4, 0.5) is 11.4 Å². The topological polar surface area (TPSA) is 78.5 Å². The van der Waals surface area contributed by atoms with Crippen LogP contribution < -0.4 is 15.5 Å². The summed E-state index contributed by atoms with van der Waals surface area (Å²) in [6, 6.07) is 6.96. The standard InChI is InChI=1S/C14H19N3O3/c1-10(18)15-8-9-17(12(3)20)14-6-4-13(5-7-14)16-11(2)19/h4-7H,8-9H2,1-3H3,(H,15,18)(H,16,19). The van der Waals surface area contributed by atoms with E-state index in [2.05, 4.69) is 10.6 Å². The number of anilines is 2. The van der Waals surface area contributed by atoms with E-state index >= 15 is 0 Å². The van der Waals surface area contributed by atoms with Crippen molar-refractivity contribution in [1.29, 1.82) is 0 Å². The molecule has 0 radical (unpaired) electrons. The van der Waals surface area contributed by atoms with Gasteiger partial charge < -0.3 is 15.5 Å². The fourth-order valence-electron chi connectivity index (χ4n) is 1.74. The molecule has 2 N–H and O–H groups in total. The number of rotatable bonds is 5. The highest BCUT2D eigenvalue weighted by atomic mass is 16.2. The molecule has 20 heavy (non-hydrogen) atoms. The lowest BCUT2D eigenvalue weighted by molar-refractivity contribution is -0.119. The van der Waals surface area contributed by atoms with Gasteiger partial charge in [-0.3, -0.25) is 14.4 Å². The first kappa shape index (κ1) is 15.7. The van der Waals surface area contributed by atoms with Gasteiger partial charge in [0.05, 0.1) is 0 Å². The third-order valence-corrected chi connectivity index (χ3v) is 2.59. The van der Waals surface area contributed by atoms with Gasteiger partial charge in [-0.15, -0.1) is 0 Å². The fraction of sp³-hybridized carbons (Fsp3) is 0.357. The van der Waals surface area contributed by atoms with Crippen molar-refractivity contribution in [1.82, 2.24) is 5.32 Å². The Morgan fingerprint density at radius 2 is 1.60 bits per heavy atom. The summed E-state index contributed by atoms with van der Waals surface area (Å²) in [6.45, 7) is 5.12. The molecule has 1 rings (SSSR count). The quantitative estimate of drug-likeness (QED) is 0.847. The maximum atomic E-state index is 11.6. The number of hydrogen-bond acceptors (Lipinski definition) is 3. The largest absolute Gasteiger partial charge is 0.355 e. The molecule has 0 saturated heterocycles. The van der Waals surface area contributed by atoms with Gasteiger partial charge in [0.1, 0.15) is 0 Å². The van der Waals surface area contributed by atoms with Crippen LogP contribution in [0.2, 0.25) is 0 Å². The van der Waals surface area contributed by atoms with E-state index in [9.17, 15) is 14.4 Å². The SMILES string of the molecule is CC(=O)NCCN(C(C)=O)c1ccc(NC(C)=O)cc1. The lowest BCUT2D eigenvalue weighted by Gasteiger charge is -2.21. The highest BCUT2D eigenvalue weighted by Gasteiger charge is 2.11. The molecule has 1 aromatic carbocycles. The van der Waals surface area contributed by atoms with Crippen molar-refractivity contribution in [2.45, 2.75) is 20.8 Å². The van der Waals surface area contributed by atoms with Crippen LogP contribution >= 0.6 is 0 Å². The average molecular weight is 277 g/mol. The molecule has 0 atom stereocenters. The van der Waals surface area contributed by atoms with Crippen molar-refractivity contribution in [3.63, 3.8) is 0 Å². The molecule has 0 unspecified atom stereocenters. The molecule has 0 saturated carbocycles. The molecule has 0 aliphatic heterocycles. The molecule has 0 fully saturated rings. The number of hydrogen-bond donors (Lipinski definition) is 2. The Morgan fingerprint density at radius 1 is 1.00 bits per heavy atom. The molecule has 1 aromatic rings. The number of carbonyl (C=O) groups excluding carboxylic acids is 3. The van der Waals surface area contributed by atoms with Crippen LogP contribution in [-0.2, 0) is 14.4 Å². The lowest BCUT2D eigenvalue weighted by Crippen LogP contribution is -2.36. The van der Waals surface area contributed by atoms with Crippen molar-refractivity contribution in [2.75, 3.05) is 23.3 Å². The van der Waals surface area contributed by atoms with Crippen LogP contribution in [0.15, 0.2) is 24.3 Å². The lowest BCUT2D eigenvalue weighted by atomic mass is 10.2. The monoisotopic (exact) mass is 277 g/mol. The minimum absolute atomic E-state index is 0.109. The van der Waals surface area contributed by atoms with Crippen molar-refractivity contribution in [3.8, 4) is 0 Å². The van der Waals surface area contributed by atoms with E-state index in [4.69, 9.17) is 0 Å². The second kappa shape index (κ2) is 7.28. The summed E-state index contributed by atoms with van der Waals surface area (Å²) in [5.41, 5.74) is 1.39. The molecule has 6 nitrogen and oxygen atoms in total. The van der Waals surface area contributed by atoms with Crippen LogP contribution in [-0.4, -0.2) is 30.8 Å². The first-order valence-corrected chi connectivity index (χ1v) is 6.30. The van der Waals surface area contributed by atoms with Gasteiger partial charge in [0.15, 0.2) is 0 Å². The normalized spacial score (nSPS) is 9.75. The van der Waals surface area contributed by atoms with E-state index in [-0.39, 0.29) is 17.7 Å². The summed E-state index contributed by atoms with van der Waals surface area (Å²) in [7, 11) is 0. The second-order valence-corrected chi connectivity index (χ2v) is 4.38. The van der Waals surface area contributed by atoms with Crippen molar-refractivity contribution >= 4 is 29.1 Å². The summed E-state index contributed by atoms with van der Waals surface area (Å²) >= 11 is 0. The third-order valence-electron chi connectivity index (χ3n) is 2.59. The molecule has 0 aliphatic rings. The summed E-state index contributed by atoms with van der Waals surface area (Å²) in [5, 5.41) is 5.31. The van der Waals surface area contributed by atoms with Crippen molar-refractivity contribution in [3.05, 3.63) is 24.3 Å². The first-order valence-electron chi connectivity index (χ1n) is 6.30. The predicted molar refractivity (Wildman–Crippen MR) is 77.5 cm³/mol. The zero-order chi connectivity index (χ0) is 15.1. The van der Waals surface area contributed by atoms with E-state index < -0.39 is 0 Å². The summed E-state index contributed by atoms with van der Waals surface area (Å²) in [6.07, 6.45) is 0. The zero-order valence-corrected chi connectivity index (χ0v) is 11.9. The number of amides is 3. The fourth-order valence-corrected chi connectivity index (χ4v) is 1.74. The summed E-state index contributed by atoms with van der Waals surface area (Å²) in [4.78, 5) is 34.9. The van der Waals surface area contributed by atoms with E-state index in [1.165, 1.54) is 20.8 Å². The zero-order valence-electron chi connectivity index (χ0n) is 11.9. The van der Waals surface area contributed by atoms with Crippen molar-refractivity contribution < 1.29 is 14.4 Å². The Hall–Kier alpha value is -2.37. The Bertz CT molecular complexity index is 497. The highest BCUT2D eigenvalue weighted by molar-refractivity contribution is 5.92. The van der Waals surface area contributed by atoms with Gasteiger partial charge in [0.2, 0.25) is 17.7 Å². The van der Waals surface area contributed by atoms with Crippen LogP contribution in [0, 0.1) is 0 Å². The molecular formula is C14H19N3O3. The number of nitrogens with one attached hydrogen (secondary N) is 2. The Morgan fingerprint density at radius 3 is 2.05 bits per heavy atom. The molecule has 0 bridgehead atoms. The smallest absolute Gasteiger partial charge is 0.223 e. The number of nitrogens with zero attached hydrogens (tertiary/aromatic N) is 1. The van der Waals surface area contributed by atoms with Crippen LogP contribution in [0.5, 0.6) is 0 Å². The van der Waals surface area contributed by atoms with E-state index in [0.717, 1.165) is 5.69 Å². The van der Waals surface area contributed by atoms with Crippen LogP contribution in [0.1, 0.15) is 20.8 Å². The summed E-state index contributed by atoms with van der Waals surface area (Å²) < 4.78 is 0. The predicted octanol–water partition coefficient (Wildman–Crippen LogP) is 1.13. The second-order valence-electron chi connectivity index (χ2n) is 4.38. The minimum Gasteiger partial charge on any atom is -0.355 e. The Kier molecular flexibility index (Phi) is 5.71. The first-order chi connectivity index (χ1) is 9.40. The summed E-state index contributed by atoms with van der Waals surface area (Å²) in [5.74, 6) is -0.385. The molecule has 0 aromatic heterocycles. The van der Waals surface area contributed by atoms with Gasteiger partial charge in [-0.25, -0.2) is 0 Å². The molecule has 0 aliphatic carbocycles. The Balaban J connectivity index is 2.73. The van der Waals surface area contributed by atoms with Crippen LogP contribution in [0.3, 0.4) is 0 Å². The van der Waals surface area contributed by atoms with E-state index in [1.807, 2.05) is 0 Å². The van der Waals surface area contributed by atoms with Gasteiger partial charge in [0, 0.05) is 45.2 Å². The van der Waals surface area contributed by atoms with Gasteiger partial charge in [-0.05, 0) is 24.3 Å². The molecular weight excluding hydrogens is 258 g/mol. The van der Waals surface area contributed by atoms with Crippen LogP contribution in [0.25, 0.3) is 0 Å². The third kappa shape index (κ3) is 5.09.